The van der Waals surface area contributed by atoms with Gasteiger partial charge in [-0.2, -0.15) is 4.31 Å². The van der Waals surface area contributed by atoms with Gasteiger partial charge in [0.2, 0.25) is 10.0 Å². The van der Waals surface area contributed by atoms with Crippen molar-refractivity contribution in [3.8, 4) is 11.5 Å². The van der Waals surface area contributed by atoms with E-state index in [1.807, 2.05) is 25.1 Å². The lowest BCUT2D eigenvalue weighted by atomic mass is 10.1. The summed E-state index contributed by atoms with van der Waals surface area (Å²) in [6.45, 7) is 4.53. The van der Waals surface area contributed by atoms with E-state index < -0.39 is 15.9 Å². The molecule has 0 atom stereocenters. The number of nitrogens with one attached hydrogen (secondary N) is 1. The lowest BCUT2D eigenvalue weighted by Gasteiger charge is -2.26. The molecule has 174 valence electrons. The molecule has 1 aliphatic rings. The zero-order valence-corrected chi connectivity index (χ0v) is 19.5. The summed E-state index contributed by atoms with van der Waals surface area (Å²) < 4.78 is 39.1. The molecule has 9 heteroatoms. The van der Waals surface area contributed by atoms with Gasteiger partial charge >= 0.3 is 0 Å². The van der Waals surface area contributed by atoms with Crippen LogP contribution in [0, 0.1) is 6.92 Å². The largest absolute Gasteiger partial charge is 0.455 e. The van der Waals surface area contributed by atoms with Gasteiger partial charge in [-0.25, -0.2) is 8.42 Å². The minimum atomic E-state index is -3.69. The molecule has 1 N–H and O–H groups in total. The number of piperidine rings is 1. The second-order valence-electron chi connectivity index (χ2n) is 7.91. The molecule has 8 nitrogen and oxygen atoms in total. The van der Waals surface area contributed by atoms with E-state index in [0.717, 1.165) is 19.3 Å². The third kappa shape index (κ3) is 4.94. The number of rotatable bonds is 7. The summed E-state index contributed by atoms with van der Waals surface area (Å²) in [5.41, 5.74) is 1.13. The zero-order valence-electron chi connectivity index (χ0n) is 18.7. The Kier molecular flexibility index (Phi) is 6.80. The van der Waals surface area contributed by atoms with Crippen molar-refractivity contribution in [2.45, 2.75) is 44.4 Å². The van der Waals surface area contributed by atoms with E-state index in [-0.39, 0.29) is 10.6 Å². The zero-order chi connectivity index (χ0) is 23.4. The van der Waals surface area contributed by atoms with Crippen molar-refractivity contribution in [3.63, 3.8) is 0 Å². The molecule has 2 heterocycles. The number of nitrogens with zero attached hydrogens (tertiary/aromatic N) is 2. The summed E-state index contributed by atoms with van der Waals surface area (Å²) >= 11 is 0. The molecular weight excluding hydrogens is 442 g/mol. The maximum atomic E-state index is 13.2. The number of carbonyl (C=O) groups excluding carboxylic acids is 1. The Morgan fingerprint density at radius 1 is 1.12 bits per heavy atom. The predicted octanol–water partition coefficient (Wildman–Crippen LogP) is 4.76. The van der Waals surface area contributed by atoms with Gasteiger partial charge in [0.15, 0.2) is 5.75 Å². The summed E-state index contributed by atoms with van der Waals surface area (Å²) in [5.74, 6) is 0.859. The van der Waals surface area contributed by atoms with Crippen molar-refractivity contribution in [1.29, 1.82) is 0 Å². The Morgan fingerprint density at radius 2 is 1.85 bits per heavy atom. The minimum Gasteiger partial charge on any atom is -0.455 e. The molecule has 1 fully saturated rings. The topological polar surface area (TPSA) is 102 Å². The second-order valence-corrected chi connectivity index (χ2v) is 9.84. The summed E-state index contributed by atoms with van der Waals surface area (Å²) in [6.07, 6.45) is 3.22. The van der Waals surface area contributed by atoms with E-state index in [1.165, 1.54) is 16.4 Å². The van der Waals surface area contributed by atoms with Gasteiger partial charge in [-0.3, -0.25) is 4.79 Å². The second kappa shape index (κ2) is 9.76. The molecular formula is C24H27N3O5S. The Balaban J connectivity index is 1.71. The maximum absolute atomic E-state index is 13.2. The first-order valence-corrected chi connectivity index (χ1v) is 12.5. The van der Waals surface area contributed by atoms with Gasteiger partial charge in [0.05, 0.1) is 16.3 Å². The lowest BCUT2D eigenvalue weighted by molar-refractivity contribution is 0.102. The number of sulfonamides is 1. The van der Waals surface area contributed by atoms with E-state index in [1.54, 1.807) is 25.1 Å². The number of amides is 1. The number of aryl methyl sites for hydroxylation is 2. The average Bonchev–Trinajstić information content (AvgIpc) is 3.22. The lowest BCUT2D eigenvalue weighted by Crippen LogP contribution is -2.35. The molecule has 0 saturated carbocycles. The first-order valence-electron chi connectivity index (χ1n) is 11.0. The average molecular weight is 470 g/mol. The highest BCUT2D eigenvalue weighted by Crippen LogP contribution is 2.34. The summed E-state index contributed by atoms with van der Waals surface area (Å²) in [6, 6.07) is 13.6. The fraction of sp³-hybridized carbons (Fsp3) is 0.333. The van der Waals surface area contributed by atoms with Gasteiger partial charge in [0.25, 0.3) is 5.91 Å². The molecule has 3 aromatic rings. The van der Waals surface area contributed by atoms with E-state index in [4.69, 9.17) is 9.26 Å². The number of aromatic nitrogens is 1. The molecule has 2 aromatic carbocycles. The summed E-state index contributed by atoms with van der Waals surface area (Å²) in [4.78, 5) is 13.2. The smallest absolute Gasteiger partial charge is 0.261 e. The van der Waals surface area contributed by atoms with Gasteiger partial charge < -0.3 is 14.6 Å². The van der Waals surface area contributed by atoms with E-state index in [9.17, 15) is 13.2 Å². The Morgan fingerprint density at radius 3 is 2.55 bits per heavy atom. The van der Waals surface area contributed by atoms with Crippen molar-refractivity contribution in [2.75, 3.05) is 18.4 Å². The van der Waals surface area contributed by atoms with E-state index in [2.05, 4.69) is 10.5 Å². The van der Waals surface area contributed by atoms with Crippen LogP contribution in [-0.2, 0) is 16.4 Å². The van der Waals surface area contributed by atoms with Gasteiger partial charge in [-0.15, -0.1) is 0 Å². The van der Waals surface area contributed by atoms with Crippen molar-refractivity contribution in [3.05, 3.63) is 65.5 Å². The van der Waals surface area contributed by atoms with Gasteiger partial charge in [0, 0.05) is 13.1 Å². The standard InChI is InChI=1S/C24H27N3O5S/c1-3-20-23(17(2)32-26-20)24(28)25-21-16-19(33(29,30)27-14-8-5-9-15-27)12-13-22(21)31-18-10-6-4-7-11-18/h4,6-7,10-13,16H,3,5,8-9,14-15H2,1-2H3,(H,25,28). The van der Waals surface area contributed by atoms with Crippen molar-refractivity contribution >= 4 is 21.6 Å². The predicted molar refractivity (Wildman–Crippen MR) is 124 cm³/mol. The Bertz CT molecular complexity index is 1230. The molecule has 0 spiro atoms. The van der Waals surface area contributed by atoms with Crippen molar-refractivity contribution in [2.24, 2.45) is 0 Å². The van der Waals surface area contributed by atoms with Crippen molar-refractivity contribution < 1.29 is 22.5 Å². The van der Waals surface area contributed by atoms with Crippen LogP contribution in [0.2, 0.25) is 0 Å². The number of hydrogen-bond donors (Lipinski definition) is 1. The summed E-state index contributed by atoms with van der Waals surface area (Å²) in [5, 5.41) is 6.75. The molecule has 0 unspecified atom stereocenters. The van der Waals surface area contributed by atoms with Crippen LogP contribution < -0.4 is 10.1 Å². The van der Waals surface area contributed by atoms with Crippen LogP contribution in [0.1, 0.15) is 48.0 Å². The molecule has 1 aromatic heterocycles. The first kappa shape index (κ1) is 23.0. The SMILES string of the molecule is CCc1noc(C)c1C(=O)Nc1cc(S(=O)(=O)N2CCCCC2)ccc1Oc1ccccc1. The number of carbonyl (C=O) groups is 1. The normalized spacial score (nSPS) is 14.7. The van der Waals surface area contributed by atoms with Crippen molar-refractivity contribution in [1.82, 2.24) is 9.46 Å². The van der Waals surface area contributed by atoms with Gasteiger partial charge in [-0.1, -0.05) is 36.7 Å². The fourth-order valence-corrected chi connectivity index (χ4v) is 5.41. The highest BCUT2D eigenvalue weighted by molar-refractivity contribution is 7.89. The highest BCUT2D eigenvalue weighted by atomic mass is 32.2. The molecule has 1 amide bonds. The summed E-state index contributed by atoms with van der Waals surface area (Å²) in [7, 11) is -3.69. The molecule has 0 aliphatic carbocycles. The van der Waals surface area contributed by atoms with Gasteiger partial charge in [0.1, 0.15) is 17.1 Å². The van der Waals surface area contributed by atoms with E-state index in [0.29, 0.717) is 48.0 Å². The monoisotopic (exact) mass is 469 g/mol. The molecule has 1 aliphatic heterocycles. The van der Waals surface area contributed by atoms with Crippen LogP contribution in [0.25, 0.3) is 0 Å². The number of benzene rings is 2. The van der Waals surface area contributed by atoms with E-state index >= 15 is 0 Å². The third-order valence-corrected chi connectivity index (χ3v) is 7.51. The van der Waals surface area contributed by atoms with Gasteiger partial charge in [-0.05, 0) is 56.5 Å². The molecule has 0 bridgehead atoms. The molecule has 4 rings (SSSR count). The maximum Gasteiger partial charge on any atom is 0.261 e. The highest BCUT2D eigenvalue weighted by Gasteiger charge is 2.28. The number of anilines is 1. The van der Waals surface area contributed by atoms with Crippen LogP contribution >= 0.6 is 0 Å². The number of ether oxygens (including phenoxy) is 1. The molecule has 0 radical (unpaired) electrons. The van der Waals surface area contributed by atoms with Crippen LogP contribution in [0.3, 0.4) is 0 Å². The third-order valence-electron chi connectivity index (χ3n) is 5.62. The van der Waals surface area contributed by atoms with Crippen LogP contribution in [0.4, 0.5) is 5.69 Å². The quantitative estimate of drug-likeness (QED) is 0.535. The van der Waals surface area contributed by atoms with Crippen LogP contribution in [0.5, 0.6) is 11.5 Å². The minimum absolute atomic E-state index is 0.109. The Labute approximate surface area is 193 Å². The number of hydrogen-bond acceptors (Lipinski definition) is 6. The van der Waals surface area contributed by atoms with Crippen LogP contribution in [-0.4, -0.2) is 36.9 Å². The fourth-order valence-electron chi connectivity index (χ4n) is 3.86. The van der Waals surface area contributed by atoms with Crippen LogP contribution in [0.15, 0.2) is 57.9 Å². The molecule has 33 heavy (non-hydrogen) atoms. The molecule has 1 saturated heterocycles. The number of para-hydroxylation sites is 1. The first-order chi connectivity index (χ1) is 15.9. The Hall–Kier alpha value is -3.17.